The second kappa shape index (κ2) is 9.49. The van der Waals surface area contributed by atoms with Gasteiger partial charge in [0.1, 0.15) is 21.5 Å². The third-order valence-corrected chi connectivity index (χ3v) is 7.53. The van der Waals surface area contributed by atoms with Crippen molar-refractivity contribution in [3.63, 3.8) is 0 Å². The van der Waals surface area contributed by atoms with Crippen molar-refractivity contribution in [1.82, 2.24) is 4.72 Å². The van der Waals surface area contributed by atoms with Crippen LogP contribution in [0.25, 0.3) is 0 Å². The van der Waals surface area contributed by atoms with Crippen molar-refractivity contribution >= 4 is 21.3 Å². The van der Waals surface area contributed by atoms with E-state index in [9.17, 15) is 26.9 Å². The molecule has 4 atom stereocenters. The molecule has 0 saturated carbocycles. The average Bonchev–Trinajstić information content (AvgIpc) is 2.83. The SMILES string of the molecule is N=S(=O)(NC1COCC(N2c3ccccc3Oc3cc(F)ccc32)C1O)c1ccc(OC(F)(F)F)cc1. The Balaban J connectivity index is 1.40. The van der Waals surface area contributed by atoms with E-state index in [1.54, 1.807) is 29.2 Å². The van der Waals surface area contributed by atoms with Crippen molar-refractivity contribution in [3.05, 3.63) is 72.5 Å². The lowest BCUT2D eigenvalue weighted by Gasteiger charge is -2.44. The molecule has 0 radical (unpaired) electrons. The number of aliphatic hydroxyl groups excluding tert-OH is 1. The standard InChI is InChI=1S/C24H21F4N3O5S/c25-14-5-10-19-22(11-14)35-21-4-2-1-3-18(21)31(19)20-13-34-12-17(23(20)32)30-37(29,33)16-8-6-15(7-9-16)36-24(26,27)28/h1-11,17,20,23,32H,12-13H2,(H2,29,30,33). The van der Waals surface area contributed by atoms with Crippen LogP contribution in [0.3, 0.4) is 0 Å². The maximum Gasteiger partial charge on any atom is 0.573 e. The van der Waals surface area contributed by atoms with Gasteiger partial charge in [0.2, 0.25) is 0 Å². The van der Waals surface area contributed by atoms with Gasteiger partial charge in [0.25, 0.3) is 0 Å². The van der Waals surface area contributed by atoms with Crippen molar-refractivity contribution in [2.75, 3.05) is 18.1 Å². The Morgan fingerprint density at radius 2 is 1.73 bits per heavy atom. The molecule has 2 aliphatic heterocycles. The van der Waals surface area contributed by atoms with Gasteiger partial charge in [-0.25, -0.2) is 18.1 Å². The van der Waals surface area contributed by atoms with Gasteiger partial charge in [-0.15, -0.1) is 13.2 Å². The highest BCUT2D eigenvalue weighted by atomic mass is 32.2. The van der Waals surface area contributed by atoms with Crippen LogP contribution in [0.15, 0.2) is 71.6 Å². The Bertz CT molecular complexity index is 1400. The van der Waals surface area contributed by atoms with E-state index in [2.05, 4.69) is 9.46 Å². The van der Waals surface area contributed by atoms with Gasteiger partial charge in [-0.3, -0.25) is 0 Å². The summed E-state index contributed by atoms with van der Waals surface area (Å²) in [5.41, 5.74) is 1.09. The van der Waals surface area contributed by atoms with E-state index in [1.165, 1.54) is 18.2 Å². The molecule has 3 aromatic rings. The number of halogens is 4. The normalized spacial score (nSPS) is 22.8. The highest BCUT2D eigenvalue weighted by molar-refractivity contribution is 7.90. The molecule has 3 aromatic carbocycles. The van der Waals surface area contributed by atoms with Crippen LogP contribution in [-0.2, 0) is 14.7 Å². The summed E-state index contributed by atoms with van der Waals surface area (Å²) < 4.78 is 90.6. The number of aliphatic hydroxyl groups is 1. The van der Waals surface area contributed by atoms with E-state index < -0.39 is 46.0 Å². The molecule has 2 heterocycles. The van der Waals surface area contributed by atoms with Gasteiger partial charge in [-0.2, -0.15) is 0 Å². The molecule has 0 bridgehead atoms. The van der Waals surface area contributed by atoms with Gasteiger partial charge >= 0.3 is 6.36 Å². The molecule has 1 fully saturated rings. The average molecular weight is 540 g/mol. The molecular formula is C24H21F4N3O5S. The molecule has 13 heteroatoms. The van der Waals surface area contributed by atoms with E-state index in [-0.39, 0.29) is 23.9 Å². The maximum absolute atomic E-state index is 13.9. The molecule has 0 amide bonds. The minimum atomic E-state index is -4.89. The van der Waals surface area contributed by atoms with E-state index >= 15 is 0 Å². The Hall–Kier alpha value is -3.39. The molecule has 2 aliphatic rings. The van der Waals surface area contributed by atoms with Gasteiger partial charge in [-0.05, 0) is 48.5 Å². The lowest BCUT2D eigenvalue weighted by atomic mass is 9.98. The van der Waals surface area contributed by atoms with E-state index in [0.717, 1.165) is 24.3 Å². The third kappa shape index (κ3) is 5.21. The topological polar surface area (TPSA) is 104 Å². The van der Waals surface area contributed by atoms with E-state index in [4.69, 9.17) is 14.3 Å². The highest BCUT2D eigenvalue weighted by Gasteiger charge is 2.41. The number of nitrogens with zero attached hydrogens (tertiary/aromatic N) is 1. The molecule has 1 saturated heterocycles. The fourth-order valence-corrected chi connectivity index (χ4v) is 5.63. The summed E-state index contributed by atoms with van der Waals surface area (Å²) in [5, 5.41) is 11.3. The van der Waals surface area contributed by atoms with Crippen molar-refractivity contribution in [3.8, 4) is 17.2 Å². The summed E-state index contributed by atoms with van der Waals surface area (Å²) in [5.74, 6) is -0.341. The van der Waals surface area contributed by atoms with Gasteiger partial charge in [0, 0.05) is 6.07 Å². The molecule has 5 rings (SSSR count). The summed E-state index contributed by atoms with van der Waals surface area (Å²) in [6, 6.07) is 13.4. The zero-order valence-corrected chi connectivity index (χ0v) is 19.8. The van der Waals surface area contributed by atoms with Crippen molar-refractivity contribution in [2.45, 2.75) is 29.4 Å². The van der Waals surface area contributed by atoms with Crippen LogP contribution in [0.2, 0.25) is 0 Å². The second-order valence-corrected chi connectivity index (χ2v) is 10.3. The highest BCUT2D eigenvalue weighted by Crippen LogP contribution is 2.48. The lowest BCUT2D eigenvalue weighted by molar-refractivity contribution is -0.274. The number of nitrogens with one attached hydrogen (secondary N) is 2. The second-order valence-electron chi connectivity index (χ2n) is 8.45. The number of anilines is 2. The number of benzene rings is 3. The van der Waals surface area contributed by atoms with Crippen molar-refractivity contribution in [2.24, 2.45) is 0 Å². The van der Waals surface area contributed by atoms with Crippen LogP contribution in [-0.4, -0.2) is 47.1 Å². The fourth-order valence-electron chi connectivity index (χ4n) is 4.34. The zero-order chi connectivity index (χ0) is 26.4. The van der Waals surface area contributed by atoms with Gasteiger partial charge in [-0.1, -0.05) is 12.1 Å². The first-order valence-corrected chi connectivity index (χ1v) is 12.6. The number of alkyl halides is 3. The number of ether oxygens (including phenoxy) is 3. The van der Waals surface area contributed by atoms with Gasteiger partial charge < -0.3 is 24.2 Å². The fraction of sp³-hybridized carbons (Fsp3) is 0.250. The molecule has 4 unspecified atom stereocenters. The summed E-state index contributed by atoms with van der Waals surface area (Å²) in [6.45, 7) is -0.0156. The Morgan fingerprint density at radius 1 is 1.03 bits per heavy atom. The summed E-state index contributed by atoms with van der Waals surface area (Å²) >= 11 is 0. The van der Waals surface area contributed by atoms with Gasteiger partial charge in [0.15, 0.2) is 11.5 Å². The number of rotatable bonds is 5. The molecular weight excluding hydrogens is 518 g/mol. The molecule has 8 nitrogen and oxygen atoms in total. The summed E-state index contributed by atoms with van der Waals surface area (Å²) in [4.78, 5) is 1.65. The predicted molar refractivity (Wildman–Crippen MR) is 125 cm³/mol. The smallest absolute Gasteiger partial charge is 0.453 e. The molecule has 0 aromatic heterocycles. The Morgan fingerprint density at radius 3 is 2.46 bits per heavy atom. The quantitative estimate of drug-likeness (QED) is 0.406. The number of hydrogen-bond donors (Lipinski definition) is 3. The van der Waals surface area contributed by atoms with Crippen molar-refractivity contribution < 1.29 is 41.1 Å². The maximum atomic E-state index is 13.9. The molecule has 3 N–H and O–H groups in total. The lowest BCUT2D eigenvalue weighted by Crippen LogP contribution is -2.60. The number of para-hydroxylation sites is 2. The van der Waals surface area contributed by atoms with E-state index in [0.29, 0.717) is 17.1 Å². The monoisotopic (exact) mass is 539 g/mol. The first kappa shape index (κ1) is 25.3. The Kier molecular flexibility index (Phi) is 6.48. The van der Waals surface area contributed by atoms with Crippen LogP contribution >= 0.6 is 0 Å². The van der Waals surface area contributed by atoms with Crippen LogP contribution in [0, 0.1) is 10.6 Å². The zero-order valence-electron chi connectivity index (χ0n) is 18.9. The largest absolute Gasteiger partial charge is 0.573 e. The first-order chi connectivity index (χ1) is 17.5. The molecule has 196 valence electrons. The summed E-state index contributed by atoms with van der Waals surface area (Å²) in [6.07, 6.45) is -6.10. The summed E-state index contributed by atoms with van der Waals surface area (Å²) in [7, 11) is -3.75. The molecule has 37 heavy (non-hydrogen) atoms. The number of hydrogen-bond acceptors (Lipinski definition) is 7. The van der Waals surface area contributed by atoms with E-state index in [1.807, 2.05) is 0 Å². The third-order valence-electron chi connectivity index (χ3n) is 5.96. The number of fused-ring (bicyclic) bond motifs is 2. The van der Waals surface area contributed by atoms with Crippen LogP contribution in [0.5, 0.6) is 17.2 Å². The molecule has 0 aliphatic carbocycles. The molecule has 0 spiro atoms. The first-order valence-electron chi connectivity index (χ1n) is 11.1. The van der Waals surface area contributed by atoms with Gasteiger partial charge in [0.05, 0.1) is 47.7 Å². The minimum Gasteiger partial charge on any atom is -0.453 e. The van der Waals surface area contributed by atoms with Crippen LogP contribution in [0.4, 0.5) is 28.9 Å². The Labute approximate surface area is 209 Å². The predicted octanol–water partition coefficient (Wildman–Crippen LogP) is 4.71. The van der Waals surface area contributed by atoms with Crippen LogP contribution in [0.1, 0.15) is 0 Å². The van der Waals surface area contributed by atoms with Crippen molar-refractivity contribution in [1.29, 1.82) is 4.78 Å². The minimum absolute atomic E-state index is 0.0627. The van der Waals surface area contributed by atoms with Crippen LogP contribution < -0.4 is 19.1 Å².